The highest BCUT2D eigenvalue weighted by Crippen LogP contribution is 2.28. The molecule has 8 heteroatoms. The van der Waals surface area contributed by atoms with E-state index in [4.69, 9.17) is 4.74 Å². The fourth-order valence-electron chi connectivity index (χ4n) is 1.90. The van der Waals surface area contributed by atoms with Crippen molar-refractivity contribution in [3.63, 3.8) is 0 Å². The van der Waals surface area contributed by atoms with Gasteiger partial charge in [-0.25, -0.2) is 8.42 Å². The molecule has 0 unspecified atom stereocenters. The largest absolute Gasteiger partial charge is 0.427 e. The number of hydrogen-bond donors (Lipinski definition) is 0. The lowest BCUT2D eigenvalue weighted by Crippen LogP contribution is -2.08. The molecule has 0 aliphatic heterocycles. The molecule has 0 aliphatic rings. The Balaban J connectivity index is 2.29. The Kier molecular flexibility index (Phi) is 4.75. The van der Waals surface area contributed by atoms with Gasteiger partial charge in [0.05, 0.1) is 21.6 Å². The second kappa shape index (κ2) is 6.57. The van der Waals surface area contributed by atoms with E-state index in [2.05, 4.69) is 5.29 Å². The van der Waals surface area contributed by atoms with Crippen LogP contribution in [0.15, 0.2) is 58.7 Å². The van der Waals surface area contributed by atoms with Crippen LogP contribution < -0.4 is 9.75 Å². The molecule has 0 saturated carbocycles. The van der Waals surface area contributed by atoms with E-state index in [9.17, 15) is 18.1 Å². The van der Waals surface area contributed by atoms with Gasteiger partial charge < -0.3 is 4.74 Å². The van der Waals surface area contributed by atoms with Gasteiger partial charge in [0, 0.05) is 13.2 Å². The van der Waals surface area contributed by atoms with Gasteiger partial charge in [-0.05, 0) is 48.5 Å². The number of carbonyl (C=O) groups is 1. The van der Waals surface area contributed by atoms with E-state index >= 15 is 0 Å². The van der Waals surface area contributed by atoms with Gasteiger partial charge in [0.2, 0.25) is 0 Å². The first-order valence-corrected chi connectivity index (χ1v) is 8.42. The smallest absolute Gasteiger partial charge is 0.308 e. The van der Waals surface area contributed by atoms with Crippen molar-refractivity contribution in [3.8, 4) is 5.75 Å². The zero-order valence-electron chi connectivity index (χ0n) is 12.5. The zero-order valence-corrected chi connectivity index (χ0v) is 13.3. The summed E-state index contributed by atoms with van der Waals surface area (Å²) < 4.78 is 27.8. The summed E-state index contributed by atoms with van der Waals surface area (Å²) in [7, 11) is -3.31. The maximum Gasteiger partial charge on any atom is 0.308 e. The van der Waals surface area contributed by atoms with Gasteiger partial charge in [0.15, 0.2) is 9.84 Å². The number of nitrogens with zero attached hydrogens (tertiary/aromatic N) is 2. The number of carbonyl (C=O) groups excluding carboxylic acids is 1. The van der Waals surface area contributed by atoms with Crippen LogP contribution in [-0.4, -0.2) is 20.6 Å². The second-order valence-corrected chi connectivity index (χ2v) is 6.76. The molecule has 2 rings (SSSR count). The second-order valence-electron chi connectivity index (χ2n) is 4.75. The summed E-state index contributed by atoms with van der Waals surface area (Å²) in [5.41, 5.74) is 0.857. The molecule has 2 aromatic carbocycles. The van der Waals surface area contributed by atoms with Crippen LogP contribution in [0.4, 0.5) is 11.4 Å². The fraction of sp³-hybridized carbons (Fsp3) is 0.133. The summed E-state index contributed by atoms with van der Waals surface area (Å²) in [5, 5.41) is 4.04. The molecular formula is C15H14N2O5S. The Labute approximate surface area is 133 Å². The van der Waals surface area contributed by atoms with Crippen molar-refractivity contribution in [1.29, 1.82) is 0 Å². The van der Waals surface area contributed by atoms with Crippen LogP contribution in [0.5, 0.6) is 5.75 Å². The molecule has 120 valence electrons. The molecule has 0 heterocycles. The summed E-state index contributed by atoms with van der Waals surface area (Å²) >= 11 is 0. The molecule has 2 aromatic rings. The number of esters is 1. The van der Waals surface area contributed by atoms with Crippen LogP contribution in [0.25, 0.3) is 0 Å². The predicted octanol–water partition coefficient (Wildman–Crippen LogP) is 2.83. The molecule has 0 aromatic heterocycles. The first kappa shape index (κ1) is 16.6. The molecule has 0 fully saturated rings. The van der Waals surface area contributed by atoms with E-state index in [1.165, 1.54) is 43.3 Å². The number of sulfone groups is 1. The van der Waals surface area contributed by atoms with E-state index in [0.29, 0.717) is 17.1 Å². The minimum Gasteiger partial charge on any atom is -0.427 e. The van der Waals surface area contributed by atoms with E-state index in [0.717, 1.165) is 11.3 Å². The van der Waals surface area contributed by atoms with E-state index in [1.807, 2.05) is 0 Å². The Morgan fingerprint density at radius 1 is 1.00 bits per heavy atom. The van der Waals surface area contributed by atoms with Crippen molar-refractivity contribution in [1.82, 2.24) is 0 Å². The molecule has 0 spiro atoms. The SMILES string of the molecule is CC(=O)Oc1ccc(N(N=O)c2ccc(S(C)(=O)=O)cc2)cc1. The third-order valence-corrected chi connectivity index (χ3v) is 4.06. The van der Waals surface area contributed by atoms with Gasteiger partial charge in [-0.2, -0.15) is 5.01 Å². The standard InChI is InChI=1S/C15H14N2O5S/c1-11(18)22-14-7-3-12(4-8-14)17(16-19)13-5-9-15(10-6-13)23(2,20)21/h3-10H,1-2H3. The van der Waals surface area contributed by atoms with Gasteiger partial charge in [-0.1, -0.05) is 0 Å². The van der Waals surface area contributed by atoms with Gasteiger partial charge in [-0.15, -0.1) is 4.91 Å². The highest BCUT2D eigenvalue weighted by molar-refractivity contribution is 7.90. The molecule has 23 heavy (non-hydrogen) atoms. The van der Waals surface area contributed by atoms with Crippen LogP contribution in [-0.2, 0) is 14.6 Å². The summed E-state index contributed by atoms with van der Waals surface area (Å²) in [6.45, 7) is 1.29. The zero-order chi connectivity index (χ0) is 17.0. The minimum atomic E-state index is -3.31. The van der Waals surface area contributed by atoms with Crippen molar-refractivity contribution in [2.75, 3.05) is 11.3 Å². The van der Waals surface area contributed by atoms with Gasteiger partial charge in [0.25, 0.3) is 0 Å². The van der Waals surface area contributed by atoms with E-state index in [-0.39, 0.29) is 4.90 Å². The molecule has 0 amide bonds. The number of anilines is 2. The Bertz CT molecular complexity index is 814. The number of benzene rings is 2. The number of hydrogen-bond acceptors (Lipinski definition) is 6. The maximum atomic E-state index is 11.4. The molecule has 0 aliphatic carbocycles. The Morgan fingerprint density at radius 2 is 1.48 bits per heavy atom. The van der Waals surface area contributed by atoms with Crippen molar-refractivity contribution >= 4 is 27.2 Å². The quantitative estimate of drug-likeness (QED) is 0.361. The Hall–Kier alpha value is -2.74. The van der Waals surface area contributed by atoms with Crippen LogP contribution in [0.3, 0.4) is 0 Å². The number of nitroso groups, excluding NO2 is 1. The fourth-order valence-corrected chi connectivity index (χ4v) is 2.53. The summed E-state index contributed by atoms with van der Waals surface area (Å²) in [6.07, 6.45) is 1.10. The molecule has 0 atom stereocenters. The van der Waals surface area contributed by atoms with Crippen molar-refractivity contribution < 1.29 is 17.9 Å². The van der Waals surface area contributed by atoms with Gasteiger partial charge in [-0.3, -0.25) is 4.79 Å². The average Bonchev–Trinajstić information content (AvgIpc) is 2.49. The van der Waals surface area contributed by atoms with Gasteiger partial charge in [0.1, 0.15) is 5.75 Å². The lowest BCUT2D eigenvalue weighted by atomic mass is 10.2. The molecule has 0 bridgehead atoms. The highest BCUT2D eigenvalue weighted by atomic mass is 32.2. The first-order chi connectivity index (χ1) is 10.8. The van der Waals surface area contributed by atoms with Crippen molar-refractivity contribution in [3.05, 3.63) is 53.4 Å². The topological polar surface area (TPSA) is 93.1 Å². The monoisotopic (exact) mass is 334 g/mol. The van der Waals surface area contributed by atoms with Crippen LogP contribution in [0.1, 0.15) is 6.92 Å². The number of rotatable bonds is 5. The summed E-state index contributed by atoms with van der Waals surface area (Å²) in [5.74, 6) is -0.0981. The lowest BCUT2D eigenvalue weighted by Gasteiger charge is -2.16. The van der Waals surface area contributed by atoms with Gasteiger partial charge >= 0.3 is 5.97 Å². The predicted molar refractivity (Wildman–Crippen MR) is 85.2 cm³/mol. The van der Waals surface area contributed by atoms with E-state index < -0.39 is 15.8 Å². The molecule has 0 radical (unpaired) electrons. The normalized spacial score (nSPS) is 10.9. The van der Waals surface area contributed by atoms with Crippen molar-refractivity contribution in [2.45, 2.75) is 11.8 Å². The first-order valence-electron chi connectivity index (χ1n) is 6.53. The summed E-state index contributed by atoms with van der Waals surface area (Å²) in [6, 6.07) is 11.9. The Morgan fingerprint density at radius 3 is 1.87 bits per heavy atom. The molecule has 7 nitrogen and oxygen atoms in total. The highest BCUT2D eigenvalue weighted by Gasteiger charge is 2.12. The minimum absolute atomic E-state index is 0.150. The van der Waals surface area contributed by atoms with Crippen LogP contribution in [0, 0.1) is 4.91 Å². The third-order valence-electron chi connectivity index (χ3n) is 2.93. The lowest BCUT2D eigenvalue weighted by molar-refractivity contribution is -0.131. The summed E-state index contributed by atoms with van der Waals surface area (Å²) in [4.78, 5) is 22.1. The number of ether oxygens (including phenoxy) is 1. The van der Waals surface area contributed by atoms with E-state index in [1.54, 1.807) is 12.1 Å². The van der Waals surface area contributed by atoms with Crippen LogP contribution >= 0.6 is 0 Å². The maximum absolute atomic E-state index is 11.4. The molecule has 0 N–H and O–H groups in total. The third kappa shape index (κ3) is 4.13. The average molecular weight is 334 g/mol. The van der Waals surface area contributed by atoms with Crippen molar-refractivity contribution in [2.24, 2.45) is 5.29 Å². The van der Waals surface area contributed by atoms with Crippen LogP contribution in [0.2, 0.25) is 0 Å². The molecular weight excluding hydrogens is 320 g/mol. The molecule has 0 saturated heterocycles.